The number of carbonyl (C=O) groups is 1. The number of halogens is 2. The zero-order valence-electron chi connectivity index (χ0n) is 6.89. The molecule has 1 aliphatic rings. The number of piperazine rings is 1. The number of carbonyl (C=O) groups excluding carboxylic acids is 1. The molecule has 1 N–H and O–H groups in total. The highest BCUT2D eigenvalue weighted by Gasteiger charge is 2.26. The molecule has 0 aromatic heterocycles. The summed E-state index contributed by atoms with van der Waals surface area (Å²) >= 11 is 0. The first-order valence-electron chi connectivity index (χ1n) is 3.91. The molecule has 1 atom stereocenters. The Morgan fingerprint density at radius 3 is 2.83 bits per heavy atom. The second kappa shape index (κ2) is 3.80. The van der Waals surface area contributed by atoms with E-state index in [0.29, 0.717) is 19.6 Å². The van der Waals surface area contributed by atoms with Crippen LogP contribution in [0.1, 0.15) is 6.92 Å². The SMILES string of the molecule is C[C@@H]1CN(C(=O)C(F)F)CCN1. The second-order valence-electron chi connectivity index (χ2n) is 2.94. The van der Waals surface area contributed by atoms with E-state index < -0.39 is 12.3 Å². The van der Waals surface area contributed by atoms with Crippen molar-refractivity contribution in [2.75, 3.05) is 19.6 Å². The minimum absolute atomic E-state index is 0.112. The maximum Gasteiger partial charge on any atom is 0.315 e. The van der Waals surface area contributed by atoms with Gasteiger partial charge >= 0.3 is 6.43 Å². The summed E-state index contributed by atoms with van der Waals surface area (Å²) in [6.07, 6.45) is -2.87. The molecule has 1 saturated heterocycles. The first-order valence-corrected chi connectivity index (χ1v) is 3.91. The van der Waals surface area contributed by atoms with Crippen molar-refractivity contribution < 1.29 is 13.6 Å². The molecule has 5 heteroatoms. The van der Waals surface area contributed by atoms with E-state index in [-0.39, 0.29) is 6.04 Å². The van der Waals surface area contributed by atoms with Gasteiger partial charge in [-0.05, 0) is 6.92 Å². The van der Waals surface area contributed by atoms with Gasteiger partial charge in [-0.15, -0.1) is 0 Å². The van der Waals surface area contributed by atoms with E-state index in [4.69, 9.17) is 0 Å². The average Bonchev–Trinajstić information content (AvgIpc) is 2.03. The van der Waals surface area contributed by atoms with Crippen molar-refractivity contribution in [3.05, 3.63) is 0 Å². The smallest absolute Gasteiger partial charge is 0.315 e. The Labute approximate surface area is 69.7 Å². The number of rotatable bonds is 1. The molecular formula is C7H12F2N2O. The number of nitrogens with zero attached hydrogens (tertiary/aromatic N) is 1. The van der Waals surface area contributed by atoms with Crippen molar-refractivity contribution in [2.45, 2.75) is 19.4 Å². The molecule has 0 aromatic rings. The maximum absolute atomic E-state index is 11.9. The van der Waals surface area contributed by atoms with Gasteiger partial charge in [0, 0.05) is 25.7 Å². The van der Waals surface area contributed by atoms with Crippen LogP contribution in [0.2, 0.25) is 0 Å². The van der Waals surface area contributed by atoms with E-state index >= 15 is 0 Å². The third-order valence-electron chi connectivity index (χ3n) is 1.87. The van der Waals surface area contributed by atoms with Gasteiger partial charge < -0.3 is 10.2 Å². The highest BCUT2D eigenvalue weighted by molar-refractivity contribution is 5.79. The minimum Gasteiger partial charge on any atom is -0.335 e. The largest absolute Gasteiger partial charge is 0.335 e. The van der Waals surface area contributed by atoms with E-state index in [1.165, 1.54) is 4.90 Å². The highest BCUT2D eigenvalue weighted by Crippen LogP contribution is 2.04. The fourth-order valence-corrected chi connectivity index (χ4v) is 1.27. The first kappa shape index (κ1) is 9.38. The average molecular weight is 178 g/mol. The molecule has 70 valence electrons. The quantitative estimate of drug-likeness (QED) is 0.616. The van der Waals surface area contributed by atoms with Gasteiger partial charge in [0.1, 0.15) is 0 Å². The molecular weight excluding hydrogens is 166 g/mol. The summed E-state index contributed by atoms with van der Waals surface area (Å²) in [5.74, 6) is -1.05. The minimum atomic E-state index is -2.87. The lowest BCUT2D eigenvalue weighted by molar-refractivity contribution is -0.143. The molecule has 0 spiro atoms. The first-order chi connectivity index (χ1) is 5.61. The molecule has 1 amide bonds. The summed E-state index contributed by atoms with van der Waals surface area (Å²) in [4.78, 5) is 12.0. The number of alkyl halides is 2. The fraction of sp³-hybridized carbons (Fsp3) is 0.857. The lowest BCUT2D eigenvalue weighted by atomic mass is 10.2. The monoisotopic (exact) mass is 178 g/mol. The summed E-state index contributed by atoms with van der Waals surface area (Å²) in [6, 6.07) is 0.112. The van der Waals surface area contributed by atoms with Crippen molar-refractivity contribution in [1.29, 1.82) is 0 Å². The molecule has 0 bridgehead atoms. The van der Waals surface area contributed by atoms with Crippen molar-refractivity contribution >= 4 is 5.91 Å². The van der Waals surface area contributed by atoms with Crippen LogP contribution in [-0.4, -0.2) is 42.9 Å². The number of hydrogen-bond donors (Lipinski definition) is 1. The lowest BCUT2D eigenvalue weighted by Gasteiger charge is -2.31. The standard InChI is InChI=1S/C7H12F2N2O/c1-5-4-11(3-2-10-5)7(12)6(8)9/h5-6,10H,2-4H2,1H3/t5-/m1/s1. The summed E-state index contributed by atoms with van der Waals surface area (Å²) in [5.41, 5.74) is 0. The molecule has 0 aliphatic carbocycles. The summed E-state index contributed by atoms with van der Waals surface area (Å²) < 4.78 is 23.9. The Morgan fingerprint density at radius 1 is 1.67 bits per heavy atom. The van der Waals surface area contributed by atoms with Gasteiger partial charge in [0.15, 0.2) is 0 Å². The molecule has 0 saturated carbocycles. The zero-order chi connectivity index (χ0) is 9.14. The van der Waals surface area contributed by atoms with Crippen LogP contribution in [0.4, 0.5) is 8.78 Å². The summed E-state index contributed by atoms with van der Waals surface area (Å²) in [5, 5.41) is 3.07. The van der Waals surface area contributed by atoms with Crippen LogP contribution in [0.15, 0.2) is 0 Å². The number of nitrogens with one attached hydrogen (secondary N) is 1. The van der Waals surface area contributed by atoms with E-state index in [9.17, 15) is 13.6 Å². The Balaban J connectivity index is 2.46. The van der Waals surface area contributed by atoms with Crippen LogP contribution in [-0.2, 0) is 4.79 Å². The summed E-state index contributed by atoms with van der Waals surface area (Å²) in [6.45, 7) is 3.22. The molecule has 0 unspecified atom stereocenters. The second-order valence-corrected chi connectivity index (χ2v) is 2.94. The van der Waals surface area contributed by atoms with Crippen molar-refractivity contribution in [3.63, 3.8) is 0 Å². The molecule has 0 aromatic carbocycles. The van der Waals surface area contributed by atoms with Crippen molar-refractivity contribution in [1.82, 2.24) is 10.2 Å². The van der Waals surface area contributed by atoms with Crippen molar-refractivity contribution in [3.8, 4) is 0 Å². The molecule has 12 heavy (non-hydrogen) atoms. The van der Waals surface area contributed by atoms with Crippen molar-refractivity contribution in [2.24, 2.45) is 0 Å². The zero-order valence-corrected chi connectivity index (χ0v) is 6.89. The van der Waals surface area contributed by atoms with Gasteiger partial charge in [-0.2, -0.15) is 8.78 Å². The van der Waals surface area contributed by atoms with Crippen LogP contribution in [0.5, 0.6) is 0 Å². The van der Waals surface area contributed by atoms with E-state index in [1.807, 2.05) is 6.92 Å². The predicted molar refractivity (Wildman–Crippen MR) is 40.0 cm³/mol. The Morgan fingerprint density at radius 2 is 2.33 bits per heavy atom. The van der Waals surface area contributed by atoms with Crippen LogP contribution in [0, 0.1) is 0 Å². The Bertz CT molecular complexity index is 175. The van der Waals surface area contributed by atoms with Crippen LogP contribution < -0.4 is 5.32 Å². The molecule has 1 rings (SSSR count). The van der Waals surface area contributed by atoms with Gasteiger partial charge in [0.2, 0.25) is 0 Å². The number of amides is 1. The molecule has 0 radical (unpaired) electrons. The Kier molecular flexibility index (Phi) is 2.97. The molecule has 1 fully saturated rings. The van der Waals surface area contributed by atoms with E-state index in [0.717, 1.165) is 0 Å². The van der Waals surface area contributed by atoms with Gasteiger partial charge in [0.05, 0.1) is 0 Å². The van der Waals surface area contributed by atoms with E-state index in [2.05, 4.69) is 5.32 Å². The normalized spacial score (nSPS) is 24.7. The third-order valence-corrected chi connectivity index (χ3v) is 1.87. The summed E-state index contributed by atoms with van der Waals surface area (Å²) in [7, 11) is 0. The van der Waals surface area contributed by atoms with Crippen LogP contribution in [0.3, 0.4) is 0 Å². The topological polar surface area (TPSA) is 32.3 Å². The van der Waals surface area contributed by atoms with Gasteiger partial charge in [-0.3, -0.25) is 4.79 Å². The van der Waals surface area contributed by atoms with Crippen LogP contribution in [0.25, 0.3) is 0 Å². The number of hydrogen-bond acceptors (Lipinski definition) is 2. The third kappa shape index (κ3) is 2.14. The van der Waals surface area contributed by atoms with Gasteiger partial charge in [-0.25, -0.2) is 0 Å². The Hall–Kier alpha value is -0.710. The van der Waals surface area contributed by atoms with Gasteiger partial charge in [0.25, 0.3) is 5.91 Å². The molecule has 3 nitrogen and oxygen atoms in total. The van der Waals surface area contributed by atoms with Gasteiger partial charge in [-0.1, -0.05) is 0 Å². The molecule has 1 aliphatic heterocycles. The fourth-order valence-electron chi connectivity index (χ4n) is 1.27. The predicted octanol–water partition coefficient (Wildman–Crippen LogP) is 0.0718. The van der Waals surface area contributed by atoms with Crippen LogP contribution >= 0.6 is 0 Å². The van der Waals surface area contributed by atoms with E-state index in [1.54, 1.807) is 0 Å². The molecule has 1 heterocycles. The lowest BCUT2D eigenvalue weighted by Crippen LogP contribution is -2.52. The highest BCUT2D eigenvalue weighted by atomic mass is 19.3. The maximum atomic E-state index is 11.9.